The number of rotatable bonds is 6. The molecule has 0 bridgehead atoms. The quantitative estimate of drug-likeness (QED) is 0.511. The van der Waals surface area contributed by atoms with Gasteiger partial charge in [0.1, 0.15) is 0 Å². The van der Waals surface area contributed by atoms with Gasteiger partial charge in [0, 0.05) is 41.5 Å². The molecule has 29 heavy (non-hydrogen) atoms. The molecule has 2 heterocycles. The third kappa shape index (κ3) is 3.79. The Kier molecular flexibility index (Phi) is 6.42. The lowest BCUT2D eigenvalue weighted by molar-refractivity contribution is 0.124. The number of hydrogen-bond acceptors (Lipinski definition) is 3. The van der Waals surface area contributed by atoms with Crippen LogP contribution < -0.4 is 5.43 Å². The van der Waals surface area contributed by atoms with E-state index in [9.17, 15) is 0 Å². The zero-order valence-corrected chi connectivity index (χ0v) is 19.8. The number of fused-ring (bicyclic) bond motifs is 2. The van der Waals surface area contributed by atoms with Crippen LogP contribution in [0.4, 0.5) is 0 Å². The van der Waals surface area contributed by atoms with Crippen molar-refractivity contribution in [3.8, 4) is 0 Å². The Hall–Kier alpha value is -1.24. The van der Waals surface area contributed by atoms with Crippen molar-refractivity contribution < 1.29 is 0 Å². The van der Waals surface area contributed by atoms with E-state index in [2.05, 4.69) is 65.3 Å². The van der Waals surface area contributed by atoms with Crippen molar-refractivity contribution in [2.75, 3.05) is 37.9 Å². The van der Waals surface area contributed by atoms with Crippen molar-refractivity contribution >= 4 is 40.0 Å². The van der Waals surface area contributed by atoms with E-state index in [0.29, 0.717) is 12.0 Å². The van der Waals surface area contributed by atoms with Gasteiger partial charge in [-0.25, -0.2) is 0 Å². The van der Waals surface area contributed by atoms with E-state index >= 15 is 0 Å². The van der Waals surface area contributed by atoms with Crippen LogP contribution in [0.5, 0.6) is 0 Å². The Balaban J connectivity index is 1.78. The molecule has 1 fully saturated rings. The summed E-state index contributed by atoms with van der Waals surface area (Å²) in [7, 11) is 0. The third-order valence-corrected chi connectivity index (χ3v) is 7.78. The smallest absolute Gasteiger partial charge is 0.188 e. The van der Waals surface area contributed by atoms with E-state index in [4.69, 9.17) is 12.2 Å². The molecule has 1 N–H and O–H groups in total. The molecule has 2 atom stereocenters. The maximum Gasteiger partial charge on any atom is 0.188 e. The van der Waals surface area contributed by atoms with E-state index in [1.807, 2.05) is 11.8 Å². The average Bonchev–Trinajstić information content (AvgIpc) is 3.07. The number of benzene rings is 1. The second kappa shape index (κ2) is 8.86. The highest BCUT2D eigenvalue weighted by Crippen LogP contribution is 2.45. The summed E-state index contributed by atoms with van der Waals surface area (Å²) in [5, 5.41) is 2.27. The fraction of sp³-hybridized carbons (Fsp3) is 0.609. The lowest BCUT2D eigenvalue weighted by atomic mass is 9.75. The molecule has 2 aliphatic rings. The van der Waals surface area contributed by atoms with Gasteiger partial charge in [-0.1, -0.05) is 6.92 Å². The number of nitrogens with one attached hydrogen (secondary N) is 1. The van der Waals surface area contributed by atoms with Crippen molar-refractivity contribution in [3.05, 3.63) is 29.5 Å². The highest BCUT2D eigenvalue weighted by atomic mass is 32.2. The fourth-order valence-corrected chi connectivity index (χ4v) is 6.18. The summed E-state index contributed by atoms with van der Waals surface area (Å²) in [6.45, 7) is 10.9. The largest absolute Gasteiger partial charge is 0.348 e. The Labute approximate surface area is 185 Å². The normalized spacial score (nSPS) is 21.2. The first-order chi connectivity index (χ1) is 14.1. The van der Waals surface area contributed by atoms with Gasteiger partial charge in [-0.15, -0.1) is 11.8 Å². The van der Waals surface area contributed by atoms with E-state index in [-0.39, 0.29) is 0 Å². The summed E-state index contributed by atoms with van der Waals surface area (Å²) in [5.74, 6) is 0.656. The van der Waals surface area contributed by atoms with Crippen LogP contribution in [0.3, 0.4) is 0 Å². The fourth-order valence-electron chi connectivity index (χ4n) is 5.35. The second-order valence-corrected chi connectivity index (χ2v) is 9.55. The van der Waals surface area contributed by atoms with Gasteiger partial charge >= 0.3 is 0 Å². The maximum atomic E-state index is 5.71. The maximum absolute atomic E-state index is 5.71. The van der Waals surface area contributed by atoms with Gasteiger partial charge in [-0.2, -0.15) is 0 Å². The number of nitrogens with zero attached hydrogens (tertiary/aromatic N) is 3. The zero-order valence-electron chi connectivity index (χ0n) is 18.2. The molecule has 0 saturated carbocycles. The van der Waals surface area contributed by atoms with Gasteiger partial charge in [-0.3, -0.25) is 15.0 Å². The van der Waals surface area contributed by atoms with E-state index < -0.39 is 0 Å². The number of thioether (sulfide) groups is 1. The van der Waals surface area contributed by atoms with Crippen LogP contribution in [0.25, 0.3) is 10.9 Å². The topological polar surface area (TPSA) is 23.4 Å². The number of likely N-dealkylation sites (tertiary alicyclic amines) is 1. The molecule has 1 saturated heterocycles. The minimum atomic E-state index is 0.641. The molecule has 1 aliphatic heterocycles. The molecule has 4 rings (SSSR count). The Morgan fingerprint density at radius 2 is 2.07 bits per heavy atom. The average molecular weight is 431 g/mol. The van der Waals surface area contributed by atoms with Crippen LogP contribution in [-0.4, -0.2) is 58.1 Å². The first-order valence-corrected chi connectivity index (χ1v) is 12.8. The predicted molar refractivity (Wildman–Crippen MR) is 130 cm³/mol. The summed E-state index contributed by atoms with van der Waals surface area (Å²) in [4.78, 5) is 6.30. The molecule has 158 valence electrons. The highest BCUT2D eigenvalue weighted by molar-refractivity contribution is 7.98. The molecule has 2 aromatic rings. The monoisotopic (exact) mass is 430 g/mol. The van der Waals surface area contributed by atoms with Crippen molar-refractivity contribution in [2.45, 2.75) is 63.3 Å². The first-order valence-electron chi connectivity index (χ1n) is 11.1. The Bertz CT molecular complexity index is 885. The number of aromatic nitrogens is 1. The van der Waals surface area contributed by atoms with Gasteiger partial charge < -0.3 is 4.90 Å². The van der Waals surface area contributed by atoms with Gasteiger partial charge in [0.05, 0.1) is 5.52 Å². The number of piperidine rings is 1. The molecule has 0 amide bonds. The molecule has 0 radical (unpaired) electrons. The van der Waals surface area contributed by atoms with Gasteiger partial charge in [0.2, 0.25) is 0 Å². The molecule has 0 unspecified atom stereocenters. The standard InChI is InChI=1S/C23H34N4S2/c1-5-10-26-11-8-9-18-19-13-17(29-4)14-21-22(19)16(12-20(18)26)15-27(21)24-23(28)25(6-2)7-3/h13-15,18,20H,5-12H2,1-4H3,(H,24,28)/t18-,20-/m1/s1. The van der Waals surface area contributed by atoms with Gasteiger partial charge in [0.25, 0.3) is 0 Å². The van der Waals surface area contributed by atoms with Crippen LogP contribution in [0.2, 0.25) is 0 Å². The second-order valence-electron chi connectivity index (χ2n) is 8.28. The SMILES string of the molecule is CCCN1CCC[C@@H]2c3cc(SC)cc4c3c(cn4NC(=S)N(CC)CC)C[C@H]21. The lowest BCUT2D eigenvalue weighted by Crippen LogP contribution is -2.47. The number of thiocarbonyl (C=S) groups is 1. The molecule has 0 spiro atoms. The van der Waals surface area contributed by atoms with Crippen LogP contribution in [0.1, 0.15) is 57.1 Å². The van der Waals surface area contributed by atoms with Crippen molar-refractivity contribution in [2.24, 2.45) is 0 Å². The number of hydrogen-bond donors (Lipinski definition) is 1. The van der Waals surface area contributed by atoms with Crippen molar-refractivity contribution in [1.82, 2.24) is 14.5 Å². The Morgan fingerprint density at radius 1 is 1.28 bits per heavy atom. The highest BCUT2D eigenvalue weighted by Gasteiger charge is 2.38. The molecule has 1 aliphatic carbocycles. The van der Waals surface area contributed by atoms with Crippen molar-refractivity contribution in [1.29, 1.82) is 0 Å². The minimum absolute atomic E-state index is 0.641. The lowest BCUT2D eigenvalue weighted by Gasteiger charge is -2.44. The summed E-state index contributed by atoms with van der Waals surface area (Å²) in [6.07, 6.45) is 9.50. The Morgan fingerprint density at radius 3 is 2.76 bits per heavy atom. The molecular weight excluding hydrogens is 396 g/mol. The van der Waals surface area contributed by atoms with Gasteiger partial charge in [0.15, 0.2) is 5.11 Å². The zero-order chi connectivity index (χ0) is 20.5. The summed E-state index contributed by atoms with van der Waals surface area (Å²) < 4.78 is 2.19. The molecule has 1 aromatic carbocycles. The van der Waals surface area contributed by atoms with Gasteiger partial charge in [-0.05, 0) is 94.4 Å². The van der Waals surface area contributed by atoms with E-state index in [0.717, 1.165) is 24.6 Å². The summed E-state index contributed by atoms with van der Waals surface area (Å²) in [6, 6.07) is 5.44. The minimum Gasteiger partial charge on any atom is -0.348 e. The molecule has 6 heteroatoms. The summed E-state index contributed by atoms with van der Waals surface area (Å²) >= 11 is 7.55. The van der Waals surface area contributed by atoms with E-state index in [1.54, 1.807) is 5.56 Å². The first kappa shape index (κ1) is 21.0. The van der Waals surface area contributed by atoms with Crippen LogP contribution in [0.15, 0.2) is 23.2 Å². The molecule has 4 nitrogen and oxygen atoms in total. The molecule has 1 aromatic heterocycles. The molecular formula is C23H34N4S2. The van der Waals surface area contributed by atoms with Crippen LogP contribution in [-0.2, 0) is 6.42 Å². The van der Waals surface area contributed by atoms with Crippen LogP contribution in [0, 0.1) is 0 Å². The predicted octanol–water partition coefficient (Wildman–Crippen LogP) is 5.05. The van der Waals surface area contributed by atoms with E-state index in [1.165, 1.54) is 53.7 Å². The summed E-state index contributed by atoms with van der Waals surface area (Å²) in [5.41, 5.74) is 7.83. The van der Waals surface area contributed by atoms with Crippen LogP contribution >= 0.6 is 24.0 Å². The van der Waals surface area contributed by atoms with Crippen molar-refractivity contribution in [3.63, 3.8) is 0 Å². The third-order valence-electron chi connectivity index (χ3n) is 6.72.